The highest BCUT2D eigenvalue weighted by Gasteiger charge is 2.29. The predicted octanol–water partition coefficient (Wildman–Crippen LogP) is 1.67. The molecule has 4 nitrogen and oxygen atoms in total. The zero-order chi connectivity index (χ0) is 13.8. The molecule has 0 saturated carbocycles. The van der Waals surface area contributed by atoms with Gasteiger partial charge in [0.2, 0.25) is 5.91 Å². The molecule has 1 fully saturated rings. The molecule has 1 saturated heterocycles. The molecule has 1 aromatic rings. The van der Waals surface area contributed by atoms with Crippen molar-refractivity contribution in [2.24, 2.45) is 0 Å². The number of hydrogen-bond acceptors (Lipinski definition) is 3. The largest absolute Gasteiger partial charge is 0.357 e. The van der Waals surface area contributed by atoms with Crippen molar-refractivity contribution in [3.63, 3.8) is 0 Å². The molecule has 104 valence electrons. The molecule has 1 aromatic carbocycles. The van der Waals surface area contributed by atoms with E-state index in [0.29, 0.717) is 6.54 Å². The Morgan fingerprint density at radius 2 is 2.32 bits per heavy atom. The third-order valence-corrected chi connectivity index (χ3v) is 3.96. The zero-order valence-corrected chi connectivity index (χ0v) is 13.0. The predicted molar refractivity (Wildman–Crippen MR) is 81.6 cm³/mol. The number of hydrogen-bond donors (Lipinski definition) is 2. The van der Waals surface area contributed by atoms with E-state index < -0.39 is 0 Å². The minimum Gasteiger partial charge on any atom is -0.357 e. The maximum atomic E-state index is 12.1. The molecule has 1 unspecified atom stereocenters. The van der Waals surface area contributed by atoms with Gasteiger partial charge in [0.15, 0.2) is 0 Å². The van der Waals surface area contributed by atoms with Crippen molar-refractivity contribution in [2.45, 2.75) is 19.4 Å². The lowest BCUT2D eigenvalue weighted by Gasteiger charge is -2.37. The number of nitrogens with zero attached hydrogens (tertiary/aromatic N) is 1. The number of anilines is 1. The molecular weight excluding hydrogens is 306 g/mol. The van der Waals surface area contributed by atoms with E-state index in [1.54, 1.807) is 0 Å². The Balaban J connectivity index is 2.25. The fourth-order valence-electron chi connectivity index (χ4n) is 2.51. The Morgan fingerprint density at radius 3 is 3.00 bits per heavy atom. The summed E-state index contributed by atoms with van der Waals surface area (Å²) in [6, 6.07) is 6.13. The Bertz CT molecular complexity index is 464. The standard InChI is InChI=1S/C14H20BrN3O/c1-10-9-11(15)3-4-12(10)18-8-7-17-14(19)13(18)5-6-16-2/h3-4,9,13,16H,5-8H2,1-2H3,(H,17,19). The quantitative estimate of drug-likeness (QED) is 0.885. The van der Waals surface area contributed by atoms with Crippen LogP contribution in [0.5, 0.6) is 0 Å². The highest BCUT2D eigenvalue weighted by atomic mass is 79.9. The Hall–Kier alpha value is -1.07. The van der Waals surface area contributed by atoms with Crippen LogP contribution in [0.25, 0.3) is 0 Å². The van der Waals surface area contributed by atoms with Crippen LogP contribution in [-0.4, -0.2) is 38.6 Å². The van der Waals surface area contributed by atoms with Crippen LogP contribution < -0.4 is 15.5 Å². The summed E-state index contributed by atoms with van der Waals surface area (Å²) in [6.45, 7) is 4.50. The molecule has 19 heavy (non-hydrogen) atoms. The molecule has 2 rings (SSSR count). The smallest absolute Gasteiger partial charge is 0.242 e. The number of piperazine rings is 1. The fraction of sp³-hybridized carbons (Fsp3) is 0.500. The lowest BCUT2D eigenvalue weighted by molar-refractivity contribution is -0.123. The zero-order valence-electron chi connectivity index (χ0n) is 11.4. The molecule has 5 heteroatoms. The number of amides is 1. The first-order valence-electron chi connectivity index (χ1n) is 6.58. The first-order chi connectivity index (χ1) is 9.13. The Morgan fingerprint density at radius 1 is 1.53 bits per heavy atom. The molecule has 1 aliphatic heterocycles. The number of carbonyl (C=O) groups is 1. The van der Waals surface area contributed by atoms with Crippen molar-refractivity contribution < 1.29 is 4.79 Å². The number of carbonyl (C=O) groups excluding carboxylic acids is 1. The molecule has 0 bridgehead atoms. The van der Waals surface area contributed by atoms with Crippen LogP contribution in [0.15, 0.2) is 22.7 Å². The van der Waals surface area contributed by atoms with Gasteiger partial charge in [0.05, 0.1) is 0 Å². The third kappa shape index (κ3) is 3.28. The third-order valence-electron chi connectivity index (χ3n) is 3.47. The molecule has 0 radical (unpaired) electrons. The van der Waals surface area contributed by atoms with Gasteiger partial charge < -0.3 is 15.5 Å². The summed E-state index contributed by atoms with van der Waals surface area (Å²) in [5, 5.41) is 6.07. The van der Waals surface area contributed by atoms with Crippen molar-refractivity contribution in [3.8, 4) is 0 Å². The van der Waals surface area contributed by atoms with Crippen LogP contribution in [-0.2, 0) is 4.79 Å². The van der Waals surface area contributed by atoms with Gasteiger partial charge in [-0.1, -0.05) is 15.9 Å². The van der Waals surface area contributed by atoms with E-state index in [2.05, 4.69) is 50.5 Å². The second-order valence-corrected chi connectivity index (χ2v) is 5.74. The first-order valence-corrected chi connectivity index (χ1v) is 7.38. The molecule has 2 N–H and O–H groups in total. The molecular formula is C14H20BrN3O. The van der Waals surface area contributed by atoms with Gasteiger partial charge in [-0.2, -0.15) is 0 Å². The summed E-state index contributed by atoms with van der Waals surface area (Å²) >= 11 is 3.48. The van der Waals surface area contributed by atoms with Crippen molar-refractivity contribution in [2.75, 3.05) is 31.6 Å². The van der Waals surface area contributed by atoms with Crippen molar-refractivity contribution >= 4 is 27.5 Å². The second kappa shape index (κ2) is 6.39. The SMILES string of the molecule is CNCCC1C(=O)NCCN1c1ccc(Br)cc1C. The first kappa shape index (κ1) is 14.3. The molecule has 1 heterocycles. The number of rotatable bonds is 4. The van der Waals surface area contributed by atoms with Crippen molar-refractivity contribution in [1.82, 2.24) is 10.6 Å². The monoisotopic (exact) mass is 325 g/mol. The summed E-state index contributed by atoms with van der Waals surface area (Å²) in [5.41, 5.74) is 2.35. The van der Waals surface area contributed by atoms with Gasteiger partial charge in [0.25, 0.3) is 0 Å². The molecule has 1 amide bonds. The number of benzene rings is 1. The summed E-state index contributed by atoms with van der Waals surface area (Å²) in [6.07, 6.45) is 0.817. The molecule has 0 aromatic heterocycles. The van der Waals surface area contributed by atoms with Crippen LogP contribution in [0.4, 0.5) is 5.69 Å². The lowest BCUT2D eigenvalue weighted by Crippen LogP contribution is -2.56. The van der Waals surface area contributed by atoms with Gasteiger partial charge in [0, 0.05) is 23.2 Å². The molecule has 0 spiro atoms. The number of halogens is 1. The van der Waals surface area contributed by atoms with Crippen molar-refractivity contribution in [1.29, 1.82) is 0 Å². The van der Waals surface area contributed by atoms with E-state index in [-0.39, 0.29) is 11.9 Å². The van der Waals surface area contributed by atoms with Crippen LogP contribution in [0.3, 0.4) is 0 Å². The van der Waals surface area contributed by atoms with E-state index in [1.807, 2.05) is 13.1 Å². The Labute approximate surface area is 122 Å². The van der Waals surface area contributed by atoms with Crippen LogP contribution >= 0.6 is 15.9 Å². The van der Waals surface area contributed by atoms with E-state index in [4.69, 9.17) is 0 Å². The number of nitrogens with one attached hydrogen (secondary N) is 2. The number of aryl methyl sites for hydroxylation is 1. The highest BCUT2D eigenvalue weighted by Crippen LogP contribution is 2.27. The van der Waals surface area contributed by atoms with Crippen molar-refractivity contribution in [3.05, 3.63) is 28.2 Å². The van der Waals surface area contributed by atoms with Gasteiger partial charge in [0.1, 0.15) is 6.04 Å². The maximum absolute atomic E-state index is 12.1. The van der Waals surface area contributed by atoms with Gasteiger partial charge >= 0.3 is 0 Å². The fourth-order valence-corrected chi connectivity index (χ4v) is 2.99. The van der Waals surface area contributed by atoms with Gasteiger partial charge in [-0.3, -0.25) is 4.79 Å². The normalized spacial score (nSPS) is 19.4. The maximum Gasteiger partial charge on any atom is 0.242 e. The second-order valence-electron chi connectivity index (χ2n) is 4.82. The minimum absolute atomic E-state index is 0.0823. The van der Waals surface area contributed by atoms with E-state index in [9.17, 15) is 4.79 Å². The highest BCUT2D eigenvalue weighted by molar-refractivity contribution is 9.10. The van der Waals surface area contributed by atoms with Crippen LogP contribution in [0.2, 0.25) is 0 Å². The summed E-state index contributed by atoms with van der Waals surface area (Å²) in [5.74, 6) is 0.129. The topological polar surface area (TPSA) is 44.4 Å². The average Bonchev–Trinajstić information content (AvgIpc) is 2.37. The van der Waals surface area contributed by atoms with Gasteiger partial charge in [-0.25, -0.2) is 0 Å². The minimum atomic E-state index is -0.0823. The molecule has 1 aliphatic rings. The van der Waals surface area contributed by atoms with Gasteiger partial charge in [-0.05, 0) is 50.7 Å². The summed E-state index contributed by atoms with van der Waals surface area (Å²) in [7, 11) is 1.91. The molecule has 1 atom stereocenters. The van der Waals surface area contributed by atoms with Crippen LogP contribution in [0.1, 0.15) is 12.0 Å². The van der Waals surface area contributed by atoms with Crippen LogP contribution in [0, 0.1) is 6.92 Å². The van der Waals surface area contributed by atoms with E-state index in [1.165, 1.54) is 5.56 Å². The van der Waals surface area contributed by atoms with Gasteiger partial charge in [-0.15, -0.1) is 0 Å². The van der Waals surface area contributed by atoms with E-state index in [0.717, 1.165) is 29.7 Å². The van der Waals surface area contributed by atoms with E-state index >= 15 is 0 Å². The Kier molecular flexibility index (Phi) is 4.82. The lowest BCUT2D eigenvalue weighted by atomic mass is 10.1. The summed E-state index contributed by atoms with van der Waals surface area (Å²) in [4.78, 5) is 14.3. The summed E-state index contributed by atoms with van der Waals surface area (Å²) < 4.78 is 1.07. The average molecular weight is 326 g/mol. The molecule has 0 aliphatic carbocycles.